The van der Waals surface area contributed by atoms with Gasteiger partial charge in [0.25, 0.3) is 0 Å². The van der Waals surface area contributed by atoms with Crippen molar-refractivity contribution in [3.05, 3.63) is 89.5 Å². The smallest absolute Gasteiger partial charge is 0.410 e. The van der Waals surface area contributed by atoms with Gasteiger partial charge in [-0.3, -0.25) is 0 Å². The lowest BCUT2D eigenvalue weighted by atomic mass is 9.87. The molecule has 1 aliphatic rings. The Morgan fingerprint density at radius 3 is 2.30 bits per heavy atom. The Bertz CT molecular complexity index is 1360. The fraction of sp³-hybridized carbons (Fsp3) is 0.500. The molecule has 1 aliphatic heterocycles. The summed E-state index contributed by atoms with van der Waals surface area (Å²) in [6, 6.07) is 23.9. The number of rotatable bonds is 17. The van der Waals surface area contributed by atoms with Gasteiger partial charge in [-0.05, 0) is 75.4 Å². The van der Waals surface area contributed by atoms with Crippen molar-refractivity contribution in [2.45, 2.75) is 70.7 Å². The minimum Gasteiger partial charge on any atom is -0.496 e. The van der Waals surface area contributed by atoms with Gasteiger partial charge in [0.2, 0.25) is 0 Å². The van der Waals surface area contributed by atoms with Crippen LogP contribution in [0.3, 0.4) is 0 Å². The predicted molar refractivity (Wildman–Crippen MR) is 181 cm³/mol. The topological polar surface area (TPSA) is 95.9 Å². The number of ether oxygens (including phenoxy) is 6. The summed E-state index contributed by atoms with van der Waals surface area (Å²) in [5.41, 5.74) is 2.66. The van der Waals surface area contributed by atoms with Gasteiger partial charge in [0.05, 0.1) is 46.2 Å². The molecule has 47 heavy (non-hydrogen) atoms. The minimum atomic E-state index is -0.570. The summed E-state index contributed by atoms with van der Waals surface area (Å²) >= 11 is 0. The van der Waals surface area contributed by atoms with E-state index in [9.17, 15) is 9.90 Å². The van der Waals surface area contributed by atoms with Crippen molar-refractivity contribution >= 4 is 6.09 Å². The fourth-order valence-electron chi connectivity index (χ4n) is 5.60. The first-order valence-corrected chi connectivity index (χ1v) is 16.6. The van der Waals surface area contributed by atoms with E-state index in [1.807, 2.05) is 81.4 Å². The zero-order valence-electron chi connectivity index (χ0n) is 28.3. The molecule has 1 heterocycles. The van der Waals surface area contributed by atoms with E-state index in [1.54, 1.807) is 12.0 Å². The number of carbonyl (C=O) groups excluding carboxylic acids is 1. The van der Waals surface area contributed by atoms with E-state index in [0.717, 1.165) is 53.2 Å². The third kappa shape index (κ3) is 11.8. The first kappa shape index (κ1) is 36.1. The molecule has 3 aromatic carbocycles. The molecule has 9 nitrogen and oxygen atoms in total. The molecule has 1 saturated heterocycles. The van der Waals surface area contributed by atoms with Crippen molar-refractivity contribution in [2.75, 3.05) is 53.2 Å². The number of amides is 1. The number of hydrogen-bond donors (Lipinski definition) is 1. The Morgan fingerprint density at radius 2 is 1.57 bits per heavy atom. The second kappa shape index (κ2) is 18.5. The van der Waals surface area contributed by atoms with Gasteiger partial charge in [-0.15, -0.1) is 0 Å². The number of methoxy groups -OCH3 is 1. The molecule has 2 atom stereocenters. The van der Waals surface area contributed by atoms with Crippen molar-refractivity contribution in [3.8, 4) is 17.2 Å². The Labute approximate surface area is 279 Å². The van der Waals surface area contributed by atoms with Crippen LogP contribution in [0.15, 0.2) is 72.8 Å². The molecule has 2 unspecified atom stereocenters. The van der Waals surface area contributed by atoms with Crippen molar-refractivity contribution in [2.24, 2.45) is 0 Å². The Balaban J connectivity index is 1.29. The number of aryl methyl sites for hydroxylation is 1. The van der Waals surface area contributed by atoms with E-state index in [0.29, 0.717) is 52.5 Å². The summed E-state index contributed by atoms with van der Waals surface area (Å²) in [6.45, 7) is 9.17. The molecular formula is C38H51NO8. The second-order valence-corrected chi connectivity index (χ2v) is 12.6. The summed E-state index contributed by atoms with van der Waals surface area (Å²) < 4.78 is 35.3. The number of para-hydroxylation sites is 2. The molecule has 0 spiro atoms. The van der Waals surface area contributed by atoms with Gasteiger partial charge in [-0.2, -0.15) is 0 Å². The lowest BCUT2D eigenvalue weighted by molar-refractivity contribution is -0.0358. The molecule has 1 fully saturated rings. The van der Waals surface area contributed by atoms with Crippen LogP contribution in [-0.2, 0) is 27.2 Å². The van der Waals surface area contributed by atoms with Crippen LogP contribution in [0, 0.1) is 0 Å². The highest BCUT2D eigenvalue weighted by Gasteiger charge is 2.35. The molecule has 9 heteroatoms. The average Bonchev–Trinajstić information content (AvgIpc) is 3.07. The van der Waals surface area contributed by atoms with Gasteiger partial charge in [-0.25, -0.2) is 4.79 Å². The van der Waals surface area contributed by atoms with Crippen LogP contribution < -0.4 is 14.2 Å². The summed E-state index contributed by atoms with van der Waals surface area (Å²) in [7, 11) is 1.66. The highest BCUT2D eigenvalue weighted by molar-refractivity contribution is 5.68. The van der Waals surface area contributed by atoms with Crippen molar-refractivity contribution in [1.29, 1.82) is 0 Å². The van der Waals surface area contributed by atoms with Crippen LogP contribution in [0.1, 0.15) is 62.6 Å². The number of nitrogens with zero attached hydrogens (tertiary/aromatic N) is 1. The number of piperidine rings is 1. The molecule has 256 valence electrons. The monoisotopic (exact) mass is 649 g/mol. The lowest BCUT2D eigenvalue weighted by Gasteiger charge is -2.39. The minimum absolute atomic E-state index is 0.1000. The van der Waals surface area contributed by atoms with Crippen molar-refractivity contribution in [1.82, 2.24) is 4.90 Å². The van der Waals surface area contributed by atoms with Gasteiger partial charge in [-0.1, -0.05) is 48.5 Å². The summed E-state index contributed by atoms with van der Waals surface area (Å²) in [6.07, 6.45) is 2.40. The van der Waals surface area contributed by atoms with E-state index in [4.69, 9.17) is 28.4 Å². The number of hydrogen-bond acceptors (Lipinski definition) is 8. The molecule has 0 saturated carbocycles. The largest absolute Gasteiger partial charge is 0.496 e. The predicted octanol–water partition coefficient (Wildman–Crippen LogP) is 6.79. The summed E-state index contributed by atoms with van der Waals surface area (Å²) in [5.74, 6) is 2.54. The van der Waals surface area contributed by atoms with Crippen LogP contribution in [0.2, 0.25) is 0 Å². The molecule has 0 radical (unpaired) electrons. The number of aliphatic hydroxyl groups is 1. The Hall–Kier alpha value is -3.79. The van der Waals surface area contributed by atoms with E-state index in [2.05, 4.69) is 12.1 Å². The third-order valence-corrected chi connectivity index (χ3v) is 7.92. The number of carbonyl (C=O) groups is 1. The molecule has 4 rings (SSSR count). The maximum Gasteiger partial charge on any atom is 0.410 e. The van der Waals surface area contributed by atoms with Crippen LogP contribution in [0.4, 0.5) is 4.79 Å². The zero-order chi connectivity index (χ0) is 33.5. The first-order chi connectivity index (χ1) is 22.8. The number of aliphatic hydroxyl groups excluding tert-OH is 1. The standard InChI is InChI=1S/C38H51NO8/c1-38(2,3)47-37(41)39-21-20-33(36(27-39)46-26-25-45-35-15-8-5-11-30(35)13-9-22-40)29-16-18-32(19-17-29)44-24-10-23-43-28-31-12-6-7-14-34(31)42-4/h5-8,11-12,14-19,33,36,40H,9-10,13,20-28H2,1-4H3. The van der Waals surface area contributed by atoms with E-state index in [-0.39, 0.29) is 24.7 Å². The van der Waals surface area contributed by atoms with E-state index in [1.165, 1.54) is 0 Å². The van der Waals surface area contributed by atoms with E-state index < -0.39 is 5.60 Å². The van der Waals surface area contributed by atoms with Crippen molar-refractivity contribution < 1.29 is 38.3 Å². The second-order valence-electron chi connectivity index (χ2n) is 12.6. The third-order valence-electron chi connectivity index (χ3n) is 7.92. The van der Waals surface area contributed by atoms with Crippen LogP contribution in [0.5, 0.6) is 17.2 Å². The summed E-state index contributed by atoms with van der Waals surface area (Å²) in [5, 5.41) is 9.23. The number of likely N-dealkylation sites (tertiary alicyclic amines) is 1. The number of benzene rings is 3. The Morgan fingerprint density at radius 1 is 0.851 bits per heavy atom. The maximum atomic E-state index is 12.9. The molecule has 0 bridgehead atoms. The van der Waals surface area contributed by atoms with Gasteiger partial charge in [0, 0.05) is 31.1 Å². The maximum absolute atomic E-state index is 12.9. The highest BCUT2D eigenvalue weighted by atomic mass is 16.6. The quantitative estimate of drug-likeness (QED) is 0.160. The van der Waals surface area contributed by atoms with Gasteiger partial charge in [0.1, 0.15) is 29.5 Å². The average molecular weight is 650 g/mol. The highest BCUT2D eigenvalue weighted by Crippen LogP contribution is 2.32. The normalized spacial score (nSPS) is 16.5. The first-order valence-electron chi connectivity index (χ1n) is 16.6. The molecule has 1 amide bonds. The zero-order valence-corrected chi connectivity index (χ0v) is 28.3. The lowest BCUT2D eigenvalue weighted by Crippen LogP contribution is -2.48. The van der Waals surface area contributed by atoms with Crippen LogP contribution in [0.25, 0.3) is 0 Å². The molecular weight excluding hydrogens is 598 g/mol. The van der Waals surface area contributed by atoms with Crippen LogP contribution >= 0.6 is 0 Å². The van der Waals surface area contributed by atoms with Crippen molar-refractivity contribution in [3.63, 3.8) is 0 Å². The molecule has 0 aliphatic carbocycles. The fourth-order valence-corrected chi connectivity index (χ4v) is 5.60. The van der Waals surface area contributed by atoms with Crippen LogP contribution in [-0.4, -0.2) is 81.0 Å². The SMILES string of the molecule is COc1ccccc1COCCCOc1ccc(C2CCN(C(=O)OC(C)(C)C)CC2OCCOc2ccccc2CCCO)cc1. The molecule has 3 aromatic rings. The van der Waals surface area contributed by atoms with Gasteiger partial charge >= 0.3 is 6.09 Å². The molecule has 0 aromatic heterocycles. The van der Waals surface area contributed by atoms with Gasteiger partial charge < -0.3 is 38.4 Å². The molecule has 1 N–H and O–H groups in total. The Kier molecular flexibility index (Phi) is 14.2. The van der Waals surface area contributed by atoms with Gasteiger partial charge in [0.15, 0.2) is 0 Å². The van der Waals surface area contributed by atoms with E-state index >= 15 is 0 Å². The summed E-state index contributed by atoms with van der Waals surface area (Å²) in [4.78, 5) is 14.7.